The van der Waals surface area contributed by atoms with Crippen molar-refractivity contribution in [2.75, 3.05) is 13.6 Å². The topological polar surface area (TPSA) is 54.3 Å². The molecule has 1 N–H and O–H groups in total. The summed E-state index contributed by atoms with van der Waals surface area (Å²) in [6, 6.07) is 12.3. The van der Waals surface area contributed by atoms with Crippen LogP contribution in [0.15, 0.2) is 36.4 Å². The number of likely N-dealkylation sites (N-methyl/N-ethyl adjacent to an activating group) is 1. The molecule has 5 heteroatoms. The molecule has 0 saturated carbocycles. The van der Waals surface area contributed by atoms with E-state index >= 15 is 0 Å². The fraction of sp³-hybridized carbons (Fsp3) is 0.455. The van der Waals surface area contributed by atoms with Crippen LogP contribution in [-0.2, 0) is 4.79 Å². The third-order valence-electron chi connectivity index (χ3n) is 4.63. The Bertz CT molecular complexity index is 816. The van der Waals surface area contributed by atoms with Gasteiger partial charge < -0.3 is 14.8 Å². The van der Waals surface area contributed by atoms with Crippen LogP contribution in [0, 0.1) is 13.8 Å². The standard InChI is InChI=1S/C22H31N3O2/c1-15-13-19(21(27)24(7)14-20(26)23-22(4,5)6)17(3)25(15)16(2)18-11-9-8-10-12-18/h8-13,16H,14H2,1-7H3,(H,23,26). The number of aryl methyl sites for hydroxylation is 1. The second kappa shape index (κ2) is 7.99. The predicted molar refractivity (Wildman–Crippen MR) is 109 cm³/mol. The van der Waals surface area contributed by atoms with Crippen LogP contribution >= 0.6 is 0 Å². The minimum absolute atomic E-state index is 0.0357. The molecule has 1 unspecified atom stereocenters. The van der Waals surface area contributed by atoms with Gasteiger partial charge in [0.2, 0.25) is 5.91 Å². The molecule has 0 spiro atoms. The van der Waals surface area contributed by atoms with Crippen LogP contribution in [0.4, 0.5) is 0 Å². The minimum atomic E-state index is -0.318. The summed E-state index contributed by atoms with van der Waals surface area (Å²) in [4.78, 5) is 26.5. The van der Waals surface area contributed by atoms with Crippen LogP contribution < -0.4 is 5.32 Å². The van der Waals surface area contributed by atoms with Gasteiger partial charge in [-0.25, -0.2) is 0 Å². The highest BCUT2D eigenvalue weighted by atomic mass is 16.2. The Morgan fingerprint density at radius 3 is 2.30 bits per heavy atom. The van der Waals surface area contributed by atoms with Crippen LogP contribution in [0.3, 0.4) is 0 Å². The minimum Gasteiger partial charge on any atom is -0.350 e. The molecule has 2 amide bonds. The Morgan fingerprint density at radius 2 is 1.74 bits per heavy atom. The van der Waals surface area contributed by atoms with E-state index in [1.807, 2.05) is 58.9 Å². The maximum Gasteiger partial charge on any atom is 0.255 e. The lowest BCUT2D eigenvalue weighted by Crippen LogP contribution is -2.46. The van der Waals surface area contributed by atoms with Crippen molar-refractivity contribution in [1.82, 2.24) is 14.8 Å². The molecule has 2 rings (SSSR count). The third-order valence-corrected chi connectivity index (χ3v) is 4.63. The second-order valence-corrected chi connectivity index (χ2v) is 8.20. The smallest absolute Gasteiger partial charge is 0.255 e. The monoisotopic (exact) mass is 369 g/mol. The largest absolute Gasteiger partial charge is 0.350 e. The molecule has 1 atom stereocenters. The number of carbonyl (C=O) groups is 2. The summed E-state index contributed by atoms with van der Waals surface area (Å²) in [5.41, 5.74) is 3.45. The van der Waals surface area contributed by atoms with E-state index in [1.165, 1.54) is 10.5 Å². The molecule has 0 fully saturated rings. The van der Waals surface area contributed by atoms with Crippen LogP contribution in [0.1, 0.15) is 61.0 Å². The van der Waals surface area contributed by atoms with Gasteiger partial charge in [0.25, 0.3) is 5.91 Å². The molecule has 0 aliphatic heterocycles. The summed E-state index contributed by atoms with van der Waals surface area (Å²) in [6.45, 7) is 11.9. The van der Waals surface area contributed by atoms with Gasteiger partial charge in [0, 0.05) is 24.0 Å². The van der Waals surface area contributed by atoms with Gasteiger partial charge in [-0.2, -0.15) is 0 Å². The van der Waals surface area contributed by atoms with Crippen LogP contribution in [0.2, 0.25) is 0 Å². The number of nitrogens with one attached hydrogen (secondary N) is 1. The van der Waals surface area contributed by atoms with Crippen molar-refractivity contribution >= 4 is 11.8 Å². The van der Waals surface area contributed by atoms with Gasteiger partial charge in [-0.05, 0) is 53.2 Å². The zero-order valence-corrected chi connectivity index (χ0v) is 17.5. The Morgan fingerprint density at radius 1 is 1.15 bits per heavy atom. The fourth-order valence-electron chi connectivity index (χ4n) is 3.42. The molecule has 0 saturated heterocycles. The normalized spacial score (nSPS) is 12.6. The second-order valence-electron chi connectivity index (χ2n) is 8.20. The summed E-state index contributed by atoms with van der Waals surface area (Å²) in [7, 11) is 1.66. The van der Waals surface area contributed by atoms with Gasteiger partial charge in [-0.3, -0.25) is 9.59 Å². The van der Waals surface area contributed by atoms with Gasteiger partial charge in [0.05, 0.1) is 18.2 Å². The molecule has 1 aromatic heterocycles. The third kappa shape index (κ3) is 5.00. The Kier molecular flexibility index (Phi) is 6.14. The molecule has 0 radical (unpaired) electrons. The number of carbonyl (C=O) groups excluding carboxylic acids is 2. The van der Waals surface area contributed by atoms with Gasteiger partial charge in [0.15, 0.2) is 0 Å². The quantitative estimate of drug-likeness (QED) is 0.874. The summed E-state index contributed by atoms with van der Waals surface area (Å²) < 4.78 is 2.17. The number of hydrogen-bond donors (Lipinski definition) is 1. The lowest BCUT2D eigenvalue weighted by molar-refractivity contribution is -0.122. The first-order chi connectivity index (χ1) is 12.5. The van der Waals surface area contributed by atoms with Crippen molar-refractivity contribution < 1.29 is 9.59 Å². The van der Waals surface area contributed by atoms with E-state index < -0.39 is 0 Å². The molecule has 0 bridgehead atoms. The van der Waals surface area contributed by atoms with Crippen molar-refractivity contribution in [3.05, 3.63) is 58.9 Å². The Balaban J connectivity index is 2.22. The molecule has 27 heavy (non-hydrogen) atoms. The molecule has 2 aromatic rings. The SMILES string of the molecule is Cc1cc(C(=O)N(C)CC(=O)NC(C)(C)C)c(C)n1C(C)c1ccccc1. The lowest BCUT2D eigenvalue weighted by atomic mass is 10.1. The first-order valence-corrected chi connectivity index (χ1v) is 9.31. The number of aromatic nitrogens is 1. The van der Waals surface area contributed by atoms with Crippen molar-refractivity contribution in [1.29, 1.82) is 0 Å². The predicted octanol–water partition coefficient (Wildman–Crippen LogP) is 3.70. The number of amides is 2. The van der Waals surface area contributed by atoms with E-state index in [1.54, 1.807) is 7.05 Å². The fourth-order valence-corrected chi connectivity index (χ4v) is 3.42. The van der Waals surface area contributed by atoms with Gasteiger partial charge in [0.1, 0.15) is 0 Å². The maximum absolute atomic E-state index is 12.9. The molecular formula is C22H31N3O2. The lowest BCUT2D eigenvalue weighted by Gasteiger charge is -2.23. The zero-order valence-electron chi connectivity index (χ0n) is 17.5. The van der Waals surface area contributed by atoms with Gasteiger partial charge in [-0.1, -0.05) is 30.3 Å². The summed E-state index contributed by atoms with van der Waals surface area (Å²) >= 11 is 0. The van der Waals surface area contributed by atoms with Crippen LogP contribution in [-0.4, -0.2) is 40.4 Å². The summed E-state index contributed by atoms with van der Waals surface area (Å²) in [5.74, 6) is -0.302. The van der Waals surface area contributed by atoms with E-state index in [4.69, 9.17) is 0 Å². The number of nitrogens with zero attached hydrogens (tertiary/aromatic N) is 2. The van der Waals surface area contributed by atoms with E-state index in [-0.39, 0.29) is 29.9 Å². The highest BCUT2D eigenvalue weighted by molar-refractivity contribution is 5.97. The zero-order chi connectivity index (χ0) is 20.4. The maximum atomic E-state index is 12.9. The molecule has 0 aliphatic carbocycles. The number of hydrogen-bond acceptors (Lipinski definition) is 2. The van der Waals surface area contributed by atoms with E-state index in [9.17, 15) is 9.59 Å². The first kappa shape index (κ1) is 20.7. The first-order valence-electron chi connectivity index (χ1n) is 9.31. The van der Waals surface area contributed by atoms with Crippen molar-refractivity contribution in [3.8, 4) is 0 Å². The molecule has 0 aliphatic rings. The van der Waals surface area contributed by atoms with E-state index in [2.05, 4.69) is 28.9 Å². The molecule has 5 nitrogen and oxygen atoms in total. The van der Waals surface area contributed by atoms with Gasteiger partial charge >= 0.3 is 0 Å². The van der Waals surface area contributed by atoms with Crippen LogP contribution in [0.25, 0.3) is 0 Å². The van der Waals surface area contributed by atoms with Crippen LogP contribution in [0.5, 0.6) is 0 Å². The average molecular weight is 370 g/mol. The van der Waals surface area contributed by atoms with Crippen molar-refractivity contribution in [2.24, 2.45) is 0 Å². The molecule has 1 aromatic carbocycles. The Labute approximate surface area is 162 Å². The van der Waals surface area contributed by atoms with Gasteiger partial charge in [-0.15, -0.1) is 0 Å². The van der Waals surface area contributed by atoms with Crippen molar-refractivity contribution in [2.45, 2.75) is 53.1 Å². The highest BCUT2D eigenvalue weighted by Gasteiger charge is 2.24. The summed E-state index contributed by atoms with van der Waals surface area (Å²) in [5, 5.41) is 2.89. The van der Waals surface area contributed by atoms with Crippen molar-refractivity contribution in [3.63, 3.8) is 0 Å². The number of benzene rings is 1. The highest BCUT2D eigenvalue weighted by Crippen LogP contribution is 2.26. The average Bonchev–Trinajstić information content (AvgIpc) is 2.87. The number of rotatable bonds is 5. The molecule has 1 heterocycles. The molecular weight excluding hydrogens is 338 g/mol. The summed E-state index contributed by atoms with van der Waals surface area (Å²) in [6.07, 6.45) is 0. The van der Waals surface area contributed by atoms with E-state index in [0.717, 1.165) is 11.4 Å². The van der Waals surface area contributed by atoms with E-state index in [0.29, 0.717) is 5.56 Å². The Hall–Kier alpha value is -2.56. The molecule has 146 valence electrons.